The number of halogens is 7. The fraction of sp³-hybridized carbons (Fsp3) is 0.188. The molecule has 0 bridgehead atoms. The summed E-state index contributed by atoms with van der Waals surface area (Å²) in [6, 6.07) is 9.66. The third-order valence-corrected chi connectivity index (χ3v) is 3.43. The van der Waals surface area contributed by atoms with Crippen molar-refractivity contribution in [3.63, 3.8) is 0 Å². The Morgan fingerprint density at radius 3 is 1.78 bits per heavy atom. The summed E-state index contributed by atoms with van der Waals surface area (Å²) in [5.41, 5.74) is -2.56. The van der Waals surface area contributed by atoms with Crippen LogP contribution >= 0.6 is 0 Å². The number of amides is 1. The molecule has 2 aromatic rings. The number of nitrogens with one attached hydrogen (secondary N) is 3. The zero-order chi connectivity index (χ0) is 20.3. The quantitative estimate of drug-likeness (QED) is 0.408. The third kappa shape index (κ3) is 4.48. The SMILES string of the molecule is O=C(NC(NNc1ccccc1)(C(F)(F)F)C(F)(F)F)c1ccc(F)cc1. The lowest BCUT2D eigenvalue weighted by molar-refractivity contribution is -0.312. The molecule has 11 heteroatoms. The number of carbonyl (C=O) groups excluding carboxylic acids is 1. The normalized spacial score (nSPS) is 12.6. The van der Waals surface area contributed by atoms with E-state index in [4.69, 9.17) is 0 Å². The fourth-order valence-corrected chi connectivity index (χ4v) is 2.01. The van der Waals surface area contributed by atoms with E-state index >= 15 is 0 Å². The average Bonchev–Trinajstić information content (AvgIpc) is 2.57. The van der Waals surface area contributed by atoms with Crippen molar-refractivity contribution in [2.45, 2.75) is 18.0 Å². The summed E-state index contributed by atoms with van der Waals surface area (Å²) >= 11 is 0. The van der Waals surface area contributed by atoms with Crippen molar-refractivity contribution in [1.29, 1.82) is 0 Å². The predicted molar refractivity (Wildman–Crippen MR) is 81.9 cm³/mol. The Balaban J connectivity index is 2.38. The van der Waals surface area contributed by atoms with Crippen molar-refractivity contribution in [2.75, 3.05) is 5.43 Å². The van der Waals surface area contributed by atoms with Gasteiger partial charge in [-0.2, -0.15) is 31.8 Å². The predicted octanol–water partition coefficient (Wildman–Crippen LogP) is 3.99. The van der Waals surface area contributed by atoms with Gasteiger partial charge in [0.15, 0.2) is 0 Å². The summed E-state index contributed by atoms with van der Waals surface area (Å²) in [4.78, 5) is 12.0. The number of rotatable bonds is 5. The molecular weight excluding hydrogens is 383 g/mol. The standard InChI is InChI=1S/C16H12F7N3O/c17-11-8-6-10(7-9-11)13(27)24-14(15(18,19)20,16(21,22)23)26-25-12-4-2-1-3-5-12/h1-9,25-26H,(H,24,27). The van der Waals surface area contributed by atoms with Gasteiger partial charge in [0.05, 0.1) is 0 Å². The molecule has 0 aliphatic rings. The molecule has 0 aromatic heterocycles. The molecular formula is C16H12F7N3O. The third-order valence-electron chi connectivity index (χ3n) is 3.43. The summed E-state index contributed by atoms with van der Waals surface area (Å²) in [6.45, 7) is 0. The highest BCUT2D eigenvalue weighted by atomic mass is 19.4. The van der Waals surface area contributed by atoms with Gasteiger partial charge >= 0.3 is 18.0 Å². The molecule has 4 nitrogen and oxygen atoms in total. The van der Waals surface area contributed by atoms with Gasteiger partial charge in [-0.15, -0.1) is 0 Å². The van der Waals surface area contributed by atoms with Crippen LogP contribution in [0.15, 0.2) is 54.6 Å². The van der Waals surface area contributed by atoms with E-state index in [1.807, 2.05) is 0 Å². The molecule has 146 valence electrons. The molecule has 2 aromatic carbocycles. The maximum absolute atomic E-state index is 13.4. The number of hydrogen-bond donors (Lipinski definition) is 3. The van der Waals surface area contributed by atoms with Crippen LogP contribution in [-0.4, -0.2) is 23.9 Å². The minimum Gasteiger partial charge on any atom is -0.319 e. The van der Waals surface area contributed by atoms with Gasteiger partial charge in [-0.05, 0) is 36.4 Å². The maximum Gasteiger partial charge on any atom is 0.436 e. The molecule has 0 aliphatic carbocycles. The van der Waals surface area contributed by atoms with Crippen molar-refractivity contribution in [1.82, 2.24) is 10.7 Å². The van der Waals surface area contributed by atoms with Crippen molar-refractivity contribution in [2.24, 2.45) is 0 Å². The molecule has 0 saturated carbocycles. The van der Waals surface area contributed by atoms with Gasteiger partial charge in [-0.25, -0.2) is 4.39 Å². The van der Waals surface area contributed by atoms with E-state index in [-0.39, 0.29) is 5.69 Å². The number of alkyl halides is 6. The Hall–Kier alpha value is -2.82. The van der Waals surface area contributed by atoms with Crippen molar-refractivity contribution in [3.05, 3.63) is 66.0 Å². The van der Waals surface area contributed by atoms with Crippen LogP contribution in [-0.2, 0) is 0 Å². The molecule has 0 saturated heterocycles. The number of benzene rings is 2. The molecule has 0 atom stereocenters. The maximum atomic E-state index is 13.4. The van der Waals surface area contributed by atoms with Crippen LogP contribution in [0.1, 0.15) is 10.4 Å². The largest absolute Gasteiger partial charge is 0.436 e. The fourth-order valence-electron chi connectivity index (χ4n) is 2.01. The molecule has 0 heterocycles. The molecule has 0 aliphatic heterocycles. The lowest BCUT2D eigenvalue weighted by atomic mass is 10.1. The highest BCUT2D eigenvalue weighted by Crippen LogP contribution is 2.41. The Morgan fingerprint density at radius 2 is 1.30 bits per heavy atom. The molecule has 27 heavy (non-hydrogen) atoms. The molecule has 0 radical (unpaired) electrons. The Morgan fingerprint density at radius 1 is 0.778 bits per heavy atom. The minimum absolute atomic E-state index is 0.105. The first-order valence-electron chi connectivity index (χ1n) is 7.26. The second-order valence-corrected chi connectivity index (χ2v) is 5.32. The second-order valence-electron chi connectivity index (χ2n) is 5.32. The lowest BCUT2D eigenvalue weighted by Gasteiger charge is -2.38. The van der Waals surface area contributed by atoms with Gasteiger partial charge in [-0.1, -0.05) is 18.2 Å². The van der Waals surface area contributed by atoms with Crippen molar-refractivity contribution >= 4 is 11.6 Å². The zero-order valence-electron chi connectivity index (χ0n) is 13.3. The smallest absolute Gasteiger partial charge is 0.319 e. The van der Waals surface area contributed by atoms with Gasteiger partial charge in [0.2, 0.25) is 0 Å². The van der Waals surface area contributed by atoms with Gasteiger partial charge in [0.1, 0.15) is 5.82 Å². The minimum atomic E-state index is -5.97. The van der Waals surface area contributed by atoms with Crippen LogP contribution in [0.3, 0.4) is 0 Å². The summed E-state index contributed by atoms with van der Waals surface area (Å²) in [6.07, 6.45) is -11.9. The molecule has 0 unspecified atom stereocenters. The van der Waals surface area contributed by atoms with E-state index < -0.39 is 35.3 Å². The number of hydrogen-bond acceptors (Lipinski definition) is 3. The van der Waals surface area contributed by atoms with E-state index in [9.17, 15) is 35.5 Å². The molecule has 0 fully saturated rings. The van der Waals surface area contributed by atoms with Crippen LogP contribution in [0.25, 0.3) is 0 Å². The first-order chi connectivity index (χ1) is 12.5. The van der Waals surface area contributed by atoms with E-state index in [1.165, 1.54) is 30.3 Å². The highest BCUT2D eigenvalue weighted by Gasteiger charge is 2.72. The van der Waals surface area contributed by atoms with Gasteiger partial charge < -0.3 is 10.7 Å². The molecule has 0 spiro atoms. The molecule has 1 amide bonds. The number of anilines is 1. The molecule has 3 N–H and O–H groups in total. The highest BCUT2D eigenvalue weighted by molar-refractivity contribution is 5.94. The van der Waals surface area contributed by atoms with E-state index in [0.717, 1.165) is 35.0 Å². The van der Waals surface area contributed by atoms with Gasteiger partial charge in [-0.3, -0.25) is 4.79 Å². The summed E-state index contributed by atoms with van der Waals surface area (Å²) in [5, 5.41) is 0.931. The lowest BCUT2D eigenvalue weighted by Crippen LogP contribution is -2.76. The topological polar surface area (TPSA) is 53.2 Å². The summed E-state index contributed by atoms with van der Waals surface area (Å²) in [5.74, 6) is -2.51. The first kappa shape index (κ1) is 20.5. The molecule has 2 rings (SSSR count). The number of hydrazine groups is 1. The number of para-hydroxylation sites is 1. The van der Waals surface area contributed by atoms with Crippen LogP contribution in [0.4, 0.5) is 36.4 Å². The Bertz CT molecular complexity index is 759. The van der Waals surface area contributed by atoms with E-state index in [2.05, 4.69) is 0 Å². The van der Waals surface area contributed by atoms with Crippen LogP contribution in [0.5, 0.6) is 0 Å². The monoisotopic (exact) mass is 395 g/mol. The van der Waals surface area contributed by atoms with Gasteiger partial charge in [0, 0.05) is 11.3 Å². The Labute approximate surface area is 148 Å². The summed E-state index contributed by atoms with van der Waals surface area (Å²) in [7, 11) is 0. The van der Waals surface area contributed by atoms with Crippen LogP contribution < -0.4 is 16.2 Å². The Kier molecular flexibility index (Phi) is 5.64. The van der Waals surface area contributed by atoms with Crippen LogP contribution in [0, 0.1) is 5.82 Å². The van der Waals surface area contributed by atoms with E-state index in [0.29, 0.717) is 0 Å². The van der Waals surface area contributed by atoms with E-state index in [1.54, 1.807) is 5.43 Å². The van der Waals surface area contributed by atoms with Gasteiger partial charge in [0.25, 0.3) is 5.91 Å². The van der Waals surface area contributed by atoms with Crippen molar-refractivity contribution in [3.8, 4) is 0 Å². The van der Waals surface area contributed by atoms with Crippen LogP contribution in [0.2, 0.25) is 0 Å². The zero-order valence-corrected chi connectivity index (χ0v) is 13.3. The second kappa shape index (κ2) is 7.43. The summed E-state index contributed by atoms with van der Waals surface area (Å²) < 4.78 is 93.4. The van der Waals surface area contributed by atoms with Crippen molar-refractivity contribution < 1.29 is 35.5 Å². The average molecular weight is 395 g/mol. The number of carbonyl (C=O) groups is 1. The first-order valence-corrected chi connectivity index (χ1v) is 7.26.